The molecule has 1 rings (SSSR count). The normalized spacial score (nSPS) is 10.4. The molecule has 0 spiro atoms. The fraction of sp³-hybridized carbons (Fsp3) is 0.417. The van der Waals surface area contributed by atoms with Gasteiger partial charge in [0.05, 0.1) is 11.6 Å². The molecule has 0 saturated heterocycles. The number of carbonyl (C=O) groups is 1. The first-order chi connectivity index (χ1) is 8.04. The van der Waals surface area contributed by atoms with Gasteiger partial charge in [0.1, 0.15) is 5.75 Å². The summed E-state index contributed by atoms with van der Waals surface area (Å²) >= 11 is 3.35. The molecule has 0 bridgehead atoms. The van der Waals surface area contributed by atoms with Crippen molar-refractivity contribution in [2.75, 3.05) is 34.3 Å². The molecule has 0 heterocycles. The number of nitrogens with zero attached hydrogens (tertiary/aromatic N) is 1. The SMILES string of the molecule is COc1cc(C(=O)NCCN(C)C)ccc1Br. The van der Waals surface area contributed by atoms with Gasteiger partial charge in [0.25, 0.3) is 5.91 Å². The fourth-order valence-corrected chi connectivity index (χ4v) is 1.70. The van der Waals surface area contributed by atoms with E-state index in [4.69, 9.17) is 4.74 Å². The third kappa shape index (κ3) is 4.36. The third-order valence-electron chi connectivity index (χ3n) is 2.26. The second-order valence-corrected chi connectivity index (χ2v) is 4.76. The number of carbonyl (C=O) groups excluding carboxylic acids is 1. The topological polar surface area (TPSA) is 41.6 Å². The number of ether oxygens (including phenoxy) is 1. The van der Waals surface area contributed by atoms with E-state index in [0.29, 0.717) is 17.9 Å². The van der Waals surface area contributed by atoms with E-state index >= 15 is 0 Å². The minimum absolute atomic E-state index is 0.0855. The Morgan fingerprint density at radius 1 is 1.47 bits per heavy atom. The molecule has 94 valence electrons. The quantitative estimate of drug-likeness (QED) is 0.901. The van der Waals surface area contributed by atoms with Crippen LogP contribution in [-0.2, 0) is 0 Å². The van der Waals surface area contributed by atoms with Crippen molar-refractivity contribution in [2.24, 2.45) is 0 Å². The molecule has 17 heavy (non-hydrogen) atoms. The molecule has 0 radical (unpaired) electrons. The van der Waals surface area contributed by atoms with Crippen LogP contribution in [0.5, 0.6) is 5.75 Å². The summed E-state index contributed by atoms with van der Waals surface area (Å²) in [4.78, 5) is 13.8. The van der Waals surface area contributed by atoms with Gasteiger partial charge < -0.3 is 15.0 Å². The van der Waals surface area contributed by atoms with Crippen LogP contribution >= 0.6 is 15.9 Å². The summed E-state index contributed by atoms with van der Waals surface area (Å²) in [7, 11) is 5.51. The maximum atomic E-state index is 11.8. The van der Waals surface area contributed by atoms with E-state index in [2.05, 4.69) is 21.2 Å². The third-order valence-corrected chi connectivity index (χ3v) is 2.91. The fourth-order valence-electron chi connectivity index (χ4n) is 1.30. The van der Waals surface area contributed by atoms with E-state index in [9.17, 15) is 4.79 Å². The van der Waals surface area contributed by atoms with Crippen LogP contribution in [0.2, 0.25) is 0 Å². The molecule has 1 N–H and O–H groups in total. The summed E-state index contributed by atoms with van der Waals surface area (Å²) in [5, 5.41) is 2.85. The summed E-state index contributed by atoms with van der Waals surface area (Å²) in [5.41, 5.74) is 0.601. The Morgan fingerprint density at radius 2 is 2.18 bits per heavy atom. The number of nitrogens with one attached hydrogen (secondary N) is 1. The molecule has 0 aliphatic rings. The van der Waals surface area contributed by atoms with Gasteiger partial charge in [-0.25, -0.2) is 0 Å². The molecular formula is C12H17BrN2O2. The molecule has 0 fully saturated rings. The molecule has 0 aliphatic heterocycles. The van der Waals surface area contributed by atoms with Gasteiger partial charge in [0.2, 0.25) is 0 Å². The minimum Gasteiger partial charge on any atom is -0.496 e. The Hall–Kier alpha value is -1.07. The highest BCUT2D eigenvalue weighted by atomic mass is 79.9. The Balaban J connectivity index is 2.63. The average molecular weight is 301 g/mol. The molecule has 1 aromatic carbocycles. The molecule has 0 unspecified atom stereocenters. The number of hydrogen-bond donors (Lipinski definition) is 1. The molecule has 1 aromatic rings. The van der Waals surface area contributed by atoms with E-state index in [0.717, 1.165) is 11.0 Å². The van der Waals surface area contributed by atoms with Gasteiger partial charge in [-0.1, -0.05) is 0 Å². The molecule has 0 aliphatic carbocycles. The molecule has 1 amide bonds. The van der Waals surface area contributed by atoms with Crippen LogP contribution in [0.3, 0.4) is 0 Å². The van der Waals surface area contributed by atoms with E-state index in [1.54, 1.807) is 25.3 Å². The largest absolute Gasteiger partial charge is 0.496 e. The van der Waals surface area contributed by atoms with Crippen molar-refractivity contribution in [1.82, 2.24) is 10.2 Å². The molecule has 0 atom stereocenters. The monoisotopic (exact) mass is 300 g/mol. The predicted octanol–water partition coefficient (Wildman–Crippen LogP) is 1.75. The van der Waals surface area contributed by atoms with Gasteiger partial charge >= 0.3 is 0 Å². The lowest BCUT2D eigenvalue weighted by atomic mass is 10.2. The van der Waals surface area contributed by atoms with Crippen LogP contribution < -0.4 is 10.1 Å². The summed E-state index contributed by atoms with van der Waals surface area (Å²) in [5.74, 6) is 0.572. The number of benzene rings is 1. The first-order valence-electron chi connectivity index (χ1n) is 5.31. The highest BCUT2D eigenvalue weighted by Crippen LogP contribution is 2.25. The Kier molecular flexibility index (Phi) is 5.44. The zero-order chi connectivity index (χ0) is 12.8. The Labute approximate surface area is 110 Å². The Bertz CT molecular complexity index is 394. The molecule has 0 aromatic heterocycles. The maximum absolute atomic E-state index is 11.8. The molecule has 5 heteroatoms. The van der Waals surface area contributed by atoms with Gasteiger partial charge in [-0.15, -0.1) is 0 Å². The first kappa shape index (κ1) is 14.0. The zero-order valence-corrected chi connectivity index (χ0v) is 11.9. The minimum atomic E-state index is -0.0855. The van der Waals surface area contributed by atoms with Gasteiger partial charge in [0, 0.05) is 18.7 Å². The first-order valence-corrected chi connectivity index (χ1v) is 6.10. The molecule has 0 saturated carbocycles. The smallest absolute Gasteiger partial charge is 0.251 e. The summed E-state index contributed by atoms with van der Waals surface area (Å²) in [6.45, 7) is 1.45. The van der Waals surface area contributed by atoms with Crippen molar-refractivity contribution in [3.63, 3.8) is 0 Å². The van der Waals surface area contributed by atoms with Crippen molar-refractivity contribution < 1.29 is 9.53 Å². The number of halogens is 1. The van der Waals surface area contributed by atoms with E-state index in [-0.39, 0.29) is 5.91 Å². The number of rotatable bonds is 5. The van der Waals surface area contributed by atoms with Crippen molar-refractivity contribution in [3.8, 4) is 5.75 Å². The van der Waals surface area contributed by atoms with Gasteiger partial charge in [0.15, 0.2) is 0 Å². The van der Waals surface area contributed by atoms with Crippen molar-refractivity contribution in [2.45, 2.75) is 0 Å². The zero-order valence-electron chi connectivity index (χ0n) is 10.3. The maximum Gasteiger partial charge on any atom is 0.251 e. The van der Waals surface area contributed by atoms with Crippen molar-refractivity contribution in [3.05, 3.63) is 28.2 Å². The van der Waals surface area contributed by atoms with Gasteiger partial charge in [-0.2, -0.15) is 0 Å². The van der Waals surface area contributed by atoms with Crippen LogP contribution in [0, 0.1) is 0 Å². The van der Waals surface area contributed by atoms with Crippen LogP contribution in [0.25, 0.3) is 0 Å². The van der Waals surface area contributed by atoms with E-state index in [1.165, 1.54) is 0 Å². The van der Waals surface area contributed by atoms with Crippen molar-refractivity contribution in [1.29, 1.82) is 0 Å². The van der Waals surface area contributed by atoms with Crippen LogP contribution in [-0.4, -0.2) is 45.1 Å². The Morgan fingerprint density at radius 3 is 2.76 bits per heavy atom. The predicted molar refractivity (Wildman–Crippen MR) is 71.6 cm³/mol. The molecular weight excluding hydrogens is 284 g/mol. The second-order valence-electron chi connectivity index (χ2n) is 3.91. The lowest BCUT2D eigenvalue weighted by molar-refractivity contribution is 0.0950. The standard InChI is InChI=1S/C12H17BrN2O2/c1-15(2)7-6-14-12(16)9-4-5-10(13)11(8-9)17-3/h4-5,8H,6-7H2,1-3H3,(H,14,16). The van der Waals surface area contributed by atoms with E-state index < -0.39 is 0 Å². The number of amides is 1. The van der Waals surface area contributed by atoms with Crippen LogP contribution in [0.4, 0.5) is 0 Å². The molecule has 4 nitrogen and oxygen atoms in total. The average Bonchev–Trinajstić information content (AvgIpc) is 2.29. The lowest BCUT2D eigenvalue weighted by Gasteiger charge is -2.11. The van der Waals surface area contributed by atoms with E-state index in [1.807, 2.05) is 19.0 Å². The van der Waals surface area contributed by atoms with Gasteiger partial charge in [-0.3, -0.25) is 4.79 Å². The summed E-state index contributed by atoms with van der Waals surface area (Å²) in [6.07, 6.45) is 0. The summed E-state index contributed by atoms with van der Waals surface area (Å²) < 4.78 is 5.98. The number of methoxy groups -OCH3 is 1. The van der Waals surface area contributed by atoms with Gasteiger partial charge in [-0.05, 0) is 48.2 Å². The lowest BCUT2D eigenvalue weighted by Crippen LogP contribution is -2.31. The highest BCUT2D eigenvalue weighted by Gasteiger charge is 2.08. The summed E-state index contributed by atoms with van der Waals surface area (Å²) in [6, 6.07) is 5.28. The number of hydrogen-bond acceptors (Lipinski definition) is 3. The highest BCUT2D eigenvalue weighted by molar-refractivity contribution is 9.10. The van der Waals surface area contributed by atoms with Crippen LogP contribution in [0.15, 0.2) is 22.7 Å². The second kappa shape index (κ2) is 6.61. The number of likely N-dealkylation sites (N-methyl/N-ethyl adjacent to an activating group) is 1. The van der Waals surface area contributed by atoms with Crippen molar-refractivity contribution >= 4 is 21.8 Å². The van der Waals surface area contributed by atoms with Crippen LogP contribution in [0.1, 0.15) is 10.4 Å².